The van der Waals surface area contributed by atoms with Gasteiger partial charge in [0.2, 0.25) is 10.0 Å². The van der Waals surface area contributed by atoms with E-state index < -0.39 is 16.0 Å². The summed E-state index contributed by atoms with van der Waals surface area (Å²) in [4.78, 5) is 15.4. The lowest BCUT2D eigenvalue weighted by molar-refractivity contribution is 0.0606. The largest absolute Gasteiger partial charge is 0.465 e. The smallest absolute Gasteiger partial charge is 0.349 e. The molecule has 2 aromatic heterocycles. The normalized spacial score (nSPS) is 11.5. The van der Waals surface area contributed by atoms with E-state index in [9.17, 15) is 13.2 Å². The Morgan fingerprint density at radius 1 is 1.39 bits per heavy atom. The standard InChI is InChI=1S/C13H11N3O5S2/c1-20-12(17)11-6-14-13(22-11)16-23(18,19)7-9-8-4-2-3-5-10(8)21-15-9/h2-6H,7H2,1H3,(H,14,16). The molecule has 0 aliphatic carbocycles. The highest BCUT2D eigenvalue weighted by Crippen LogP contribution is 2.23. The van der Waals surface area contributed by atoms with Crippen molar-refractivity contribution in [3.05, 3.63) is 41.0 Å². The van der Waals surface area contributed by atoms with Crippen LogP contribution in [-0.2, 0) is 20.5 Å². The second-order valence-electron chi connectivity index (χ2n) is 4.51. The van der Waals surface area contributed by atoms with Crippen molar-refractivity contribution in [2.24, 2.45) is 0 Å². The fraction of sp³-hybridized carbons (Fsp3) is 0.154. The van der Waals surface area contributed by atoms with Crippen LogP contribution in [-0.4, -0.2) is 31.6 Å². The first-order valence-electron chi connectivity index (χ1n) is 6.36. The molecule has 0 amide bonds. The summed E-state index contributed by atoms with van der Waals surface area (Å²) in [7, 11) is -2.51. The molecule has 23 heavy (non-hydrogen) atoms. The summed E-state index contributed by atoms with van der Waals surface area (Å²) in [6.45, 7) is 0. The molecule has 0 saturated carbocycles. The van der Waals surface area contributed by atoms with Crippen LogP contribution in [0.1, 0.15) is 15.4 Å². The Kier molecular flexibility index (Phi) is 4.01. The summed E-state index contributed by atoms with van der Waals surface area (Å²) in [6.07, 6.45) is 1.25. The van der Waals surface area contributed by atoms with Gasteiger partial charge in [-0.25, -0.2) is 18.2 Å². The molecule has 10 heteroatoms. The molecule has 0 spiro atoms. The van der Waals surface area contributed by atoms with Crippen molar-refractivity contribution >= 4 is 43.4 Å². The van der Waals surface area contributed by atoms with E-state index in [-0.39, 0.29) is 15.8 Å². The highest BCUT2D eigenvalue weighted by molar-refractivity contribution is 7.92. The van der Waals surface area contributed by atoms with E-state index in [1.54, 1.807) is 24.3 Å². The molecule has 120 valence electrons. The van der Waals surface area contributed by atoms with Crippen LogP contribution in [0.3, 0.4) is 0 Å². The predicted octanol–water partition coefficient (Wildman–Crippen LogP) is 2.01. The average molecular weight is 353 g/mol. The molecule has 1 aromatic carbocycles. The minimum absolute atomic E-state index is 0.0817. The Morgan fingerprint density at radius 2 is 2.17 bits per heavy atom. The third-order valence-electron chi connectivity index (χ3n) is 2.91. The van der Waals surface area contributed by atoms with Gasteiger partial charge < -0.3 is 9.26 Å². The second-order valence-corrected chi connectivity index (χ2v) is 7.26. The van der Waals surface area contributed by atoms with Gasteiger partial charge in [-0.1, -0.05) is 28.6 Å². The molecule has 0 unspecified atom stereocenters. The van der Waals surface area contributed by atoms with Crippen LogP contribution in [0.5, 0.6) is 0 Å². The summed E-state index contributed by atoms with van der Waals surface area (Å²) in [5, 5.41) is 4.50. The molecule has 0 atom stereocenters. The molecule has 0 saturated heterocycles. The number of carbonyl (C=O) groups excluding carboxylic acids is 1. The maximum Gasteiger partial charge on any atom is 0.349 e. The quantitative estimate of drug-likeness (QED) is 0.698. The molecule has 0 aliphatic rings. The molecule has 8 nitrogen and oxygen atoms in total. The number of ether oxygens (including phenoxy) is 1. The number of fused-ring (bicyclic) bond motifs is 1. The number of nitrogens with one attached hydrogen (secondary N) is 1. The van der Waals surface area contributed by atoms with Crippen molar-refractivity contribution < 1.29 is 22.5 Å². The number of hydrogen-bond donors (Lipinski definition) is 1. The first-order chi connectivity index (χ1) is 11.0. The topological polar surface area (TPSA) is 111 Å². The molecule has 2 heterocycles. The van der Waals surface area contributed by atoms with Gasteiger partial charge in [0.25, 0.3) is 0 Å². The van der Waals surface area contributed by atoms with Gasteiger partial charge in [0.1, 0.15) is 16.3 Å². The zero-order chi connectivity index (χ0) is 16.4. The Morgan fingerprint density at radius 3 is 2.96 bits per heavy atom. The van der Waals surface area contributed by atoms with Crippen LogP contribution < -0.4 is 4.72 Å². The van der Waals surface area contributed by atoms with Crippen molar-refractivity contribution in [1.82, 2.24) is 10.1 Å². The van der Waals surface area contributed by atoms with E-state index in [4.69, 9.17) is 4.52 Å². The van der Waals surface area contributed by atoms with E-state index in [0.717, 1.165) is 11.3 Å². The number of sulfonamides is 1. The van der Waals surface area contributed by atoms with Gasteiger partial charge in [-0.05, 0) is 12.1 Å². The summed E-state index contributed by atoms with van der Waals surface area (Å²) < 4.78 is 36.4. The Labute approximate surface area is 135 Å². The number of benzene rings is 1. The number of para-hydroxylation sites is 1. The number of carbonyl (C=O) groups is 1. The number of nitrogens with zero attached hydrogens (tertiary/aromatic N) is 2. The van der Waals surface area contributed by atoms with Gasteiger partial charge in [-0.15, -0.1) is 0 Å². The molecule has 0 radical (unpaired) electrons. The first-order valence-corrected chi connectivity index (χ1v) is 8.83. The lowest BCUT2D eigenvalue weighted by Gasteiger charge is -2.02. The average Bonchev–Trinajstić information content (AvgIpc) is 3.13. The minimum atomic E-state index is -3.74. The fourth-order valence-corrected chi connectivity index (χ4v) is 4.00. The minimum Gasteiger partial charge on any atom is -0.465 e. The molecule has 3 rings (SSSR count). The van der Waals surface area contributed by atoms with E-state index >= 15 is 0 Å². The monoisotopic (exact) mass is 353 g/mol. The maximum absolute atomic E-state index is 12.2. The summed E-state index contributed by atoms with van der Waals surface area (Å²) >= 11 is 0.889. The SMILES string of the molecule is COC(=O)c1cnc(NS(=O)(=O)Cc2noc3ccccc23)s1. The molecule has 1 N–H and O–H groups in total. The van der Waals surface area contributed by atoms with Crippen LogP contribution in [0.4, 0.5) is 5.13 Å². The highest BCUT2D eigenvalue weighted by Gasteiger charge is 2.20. The number of rotatable bonds is 5. The van der Waals surface area contributed by atoms with E-state index in [2.05, 4.69) is 19.6 Å². The number of esters is 1. The van der Waals surface area contributed by atoms with Crippen LogP contribution in [0.25, 0.3) is 11.0 Å². The van der Waals surface area contributed by atoms with Gasteiger partial charge in [-0.2, -0.15) is 0 Å². The molecule has 0 aliphatic heterocycles. The van der Waals surface area contributed by atoms with Gasteiger partial charge in [0.05, 0.1) is 13.3 Å². The summed E-state index contributed by atoms with van der Waals surface area (Å²) in [6, 6.07) is 6.98. The van der Waals surface area contributed by atoms with Crippen LogP contribution >= 0.6 is 11.3 Å². The molecule has 0 fully saturated rings. The lowest BCUT2D eigenvalue weighted by atomic mass is 10.2. The number of methoxy groups -OCH3 is 1. The molecule has 0 bridgehead atoms. The number of anilines is 1. The fourth-order valence-electron chi connectivity index (χ4n) is 1.91. The van der Waals surface area contributed by atoms with Crippen LogP contribution in [0, 0.1) is 0 Å². The predicted molar refractivity (Wildman–Crippen MR) is 83.7 cm³/mol. The molecular weight excluding hydrogens is 342 g/mol. The maximum atomic E-state index is 12.2. The van der Waals surface area contributed by atoms with E-state index in [1.807, 2.05) is 0 Å². The van der Waals surface area contributed by atoms with Gasteiger partial charge >= 0.3 is 5.97 Å². The Balaban J connectivity index is 1.79. The van der Waals surface area contributed by atoms with E-state index in [1.165, 1.54) is 13.3 Å². The van der Waals surface area contributed by atoms with Gasteiger partial charge in [-0.3, -0.25) is 4.72 Å². The van der Waals surface area contributed by atoms with Gasteiger partial charge in [0.15, 0.2) is 10.7 Å². The van der Waals surface area contributed by atoms with Crippen LogP contribution in [0.15, 0.2) is 35.0 Å². The number of thiazole rings is 1. The summed E-state index contributed by atoms with van der Waals surface area (Å²) in [5.74, 6) is -0.938. The zero-order valence-electron chi connectivity index (χ0n) is 11.8. The third-order valence-corrected chi connectivity index (χ3v) is 5.09. The summed E-state index contributed by atoms with van der Waals surface area (Å²) in [5.41, 5.74) is 0.817. The van der Waals surface area contributed by atoms with Crippen molar-refractivity contribution in [2.75, 3.05) is 11.8 Å². The van der Waals surface area contributed by atoms with Crippen molar-refractivity contribution in [1.29, 1.82) is 0 Å². The molecular formula is C13H11N3O5S2. The zero-order valence-corrected chi connectivity index (χ0v) is 13.5. The Hall–Kier alpha value is -2.46. The van der Waals surface area contributed by atoms with E-state index in [0.29, 0.717) is 16.7 Å². The second kappa shape index (κ2) is 5.97. The lowest BCUT2D eigenvalue weighted by Crippen LogP contribution is -2.15. The third kappa shape index (κ3) is 3.32. The first kappa shape index (κ1) is 15.4. The van der Waals surface area contributed by atoms with Crippen molar-refractivity contribution in [3.8, 4) is 0 Å². The van der Waals surface area contributed by atoms with Crippen LogP contribution in [0.2, 0.25) is 0 Å². The Bertz CT molecular complexity index is 961. The number of aromatic nitrogens is 2. The van der Waals surface area contributed by atoms with Crippen molar-refractivity contribution in [2.45, 2.75) is 5.75 Å². The number of hydrogen-bond acceptors (Lipinski definition) is 8. The van der Waals surface area contributed by atoms with Gasteiger partial charge in [0, 0.05) is 5.39 Å². The van der Waals surface area contributed by atoms with Crippen molar-refractivity contribution in [3.63, 3.8) is 0 Å². The molecule has 3 aromatic rings. The highest BCUT2D eigenvalue weighted by atomic mass is 32.2.